The largest absolute Gasteiger partial charge is 0.465 e. The molecule has 0 atom stereocenters. The molecule has 86 valence electrons. The van der Waals surface area contributed by atoms with Gasteiger partial charge in [-0.2, -0.15) is 13.2 Å². The number of rotatable bonds is 3. The van der Waals surface area contributed by atoms with Crippen molar-refractivity contribution in [1.82, 2.24) is 0 Å². The van der Waals surface area contributed by atoms with Crippen LogP contribution in [0.4, 0.5) is 13.2 Å². The van der Waals surface area contributed by atoms with Crippen LogP contribution in [0.3, 0.4) is 0 Å². The first kappa shape index (κ1) is 13.5. The minimum atomic E-state index is -4.94. The number of ether oxygens (including phenoxy) is 2. The Labute approximate surface area is 83.7 Å². The summed E-state index contributed by atoms with van der Waals surface area (Å²) < 4.78 is 44.7. The van der Waals surface area contributed by atoms with Gasteiger partial charge in [-0.05, 0) is 6.92 Å². The number of methoxy groups -OCH3 is 1. The van der Waals surface area contributed by atoms with Crippen molar-refractivity contribution < 1.29 is 32.2 Å². The van der Waals surface area contributed by atoms with Crippen molar-refractivity contribution in [3.8, 4) is 0 Å². The highest BCUT2D eigenvalue weighted by Crippen LogP contribution is 2.26. The van der Waals surface area contributed by atoms with E-state index in [9.17, 15) is 22.8 Å². The lowest BCUT2D eigenvalue weighted by atomic mass is 10.2. The van der Waals surface area contributed by atoms with E-state index in [1.807, 2.05) is 0 Å². The average Bonchev–Trinajstić information content (AvgIpc) is 2.12. The zero-order valence-corrected chi connectivity index (χ0v) is 8.05. The Morgan fingerprint density at radius 3 is 2.20 bits per heavy atom. The van der Waals surface area contributed by atoms with Crippen molar-refractivity contribution in [2.75, 3.05) is 13.7 Å². The fourth-order valence-corrected chi connectivity index (χ4v) is 0.668. The Kier molecular flexibility index (Phi) is 4.83. The van der Waals surface area contributed by atoms with Gasteiger partial charge in [0.15, 0.2) is 0 Å². The van der Waals surface area contributed by atoms with E-state index in [0.29, 0.717) is 0 Å². The summed E-state index contributed by atoms with van der Waals surface area (Å²) in [6, 6.07) is 0. The molecule has 0 amide bonds. The number of hydrogen-bond acceptors (Lipinski definition) is 4. The highest BCUT2D eigenvalue weighted by molar-refractivity contribution is 5.97. The zero-order valence-electron chi connectivity index (χ0n) is 8.05. The molecule has 7 heteroatoms. The van der Waals surface area contributed by atoms with Gasteiger partial charge in [0.25, 0.3) is 0 Å². The predicted octanol–water partition coefficient (Wildman–Crippen LogP) is 1.21. The lowest BCUT2D eigenvalue weighted by Gasteiger charge is -2.08. The molecule has 0 aromatic heterocycles. The molecule has 0 spiro atoms. The Morgan fingerprint density at radius 2 is 1.87 bits per heavy atom. The summed E-state index contributed by atoms with van der Waals surface area (Å²) in [6.45, 7) is 1.35. The van der Waals surface area contributed by atoms with Gasteiger partial charge in [0.05, 0.1) is 13.7 Å². The van der Waals surface area contributed by atoms with Gasteiger partial charge in [0.2, 0.25) is 0 Å². The molecule has 0 N–H and O–H groups in total. The first-order valence-corrected chi connectivity index (χ1v) is 3.86. The van der Waals surface area contributed by atoms with Crippen molar-refractivity contribution in [1.29, 1.82) is 0 Å². The number of carbonyl (C=O) groups is 2. The molecular formula is C8H9F3O4. The maximum Gasteiger partial charge on any atom is 0.423 e. The van der Waals surface area contributed by atoms with Gasteiger partial charge in [-0.1, -0.05) is 0 Å². The van der Waals surface area contributed by atoms with Crippen LogP contribution in [-0.2, 0) is 19.1 Å². The second-order valence-electron chi connectivity index (χ2n) is 2.30. The highest BCUT2D eigenvalue weighted by atomic mass is 19.4. The van der Waals surface area contributed by atoms with Crippen LogP contribution in [0.5, 0.6) is 0 Å². The molecule has 0 saturated carbocycles. The van der Waals surface area contributed by atoms with E-state index >= 15 is 0 Å². The molecule has 0 radical (unpaired) electrons. The van der Waals surface area contributed by atoms with E-state index in [1.54, 1.807) is 0 Å². The summed E-state index contributed by atoms with van der Waals surface area (Å²) in [7, 11) is 0.785. The van der Waals surface area contributed by atoms with E-state index in [1.165, 1.54) is 6.92 Å². The summed E-state index contributed by atoms with van der Waals surface area (Å²) in [6.07, 6.45) is -4.88. The molecule has 15 heavy (non-hydrogen) atoms. The van der Waals surface area contributed by atoms with Gasteiger partial charge < -0.3 is 9.47 Å². The quantitative estimate of drug-likeness (QED) is 0.536. The molecule has 0 rings (SSSR count). The minimum Gasteiger partial charge on any atom is -0.465 e. The first-order chi connectivity index (χ1) is 6.82. The number of hydrogen-bond donors (Lipinski definition) is 0. The van der Waals surface area contributed by atoms with Gasteiger partial charge in [-0.15, -0.1) is 0 Å². The normalized spacial score (nSPS) is 12.2. The topological polar surface area (TPSA) is 52.6 Å². The van der Waals surface area contributed by atoms with Crippen LogP contribution in [0.2, 0.25) is 0 Å². The number of carbonyl (C=O) groups excluding carboxylic acids is 2. The van der Waals surface area contributed by atoms with E-state index in [-0.39, 0.29) is 12.7 Å². The summed E-state index contributed by atoms with van der Waals surface area (Å²) in [5.41, 5.74) is -1.69. The Morgan fingerprint density at radius 1 is 1.33 bits per heavy atom. The molecule has 0 aromatic rings. The van der Waals surface area contributed by atoms with Crippen LogP contribution in [0.15, 0.2) is 11.6 Å². The summed E-state index contributed by atoms with van der Waals surface area (Å²) in [5, 5.41) is 0. The van der Waals surface area contributed by atoms with Gasteiger partial charge in [0.1, 0.15) is 5.57 Å². The molecule has 0 unspecified atom stereocenters. The fraction of sp³-hybridized carbons (Fsp3) is 0.500. The standard InChI is InChI=1S/C8H9F3O4/c1-3-15-6(12)4-5(7(13)14-2)8(9,10)11/h4H,3H2,1-2H3/b5-4+. The van der Waals surface area contributed by atoms with Crippen LogP contribution >= 0.6 is 0 Å². The minimum absolute atomic E-state index is 0.0648. The Balaban J connectivity index is 4.95. The molecule has 4 nitrogen and oxygen atoms in total. The molecule has 0 aliphatic carbocycles. The molecule has 0 fully saturated rings. The summed E-state index contributed by atoms with van der Waals surface area (Å²) in [5.74, 6) is -2.87. The molecule has 0 aliphatic rings. The summed E-state index contributed by atoms with van der Waals surface area (Å²) in [4.78, 5) is 21.4. The first-order valence-electron chi connectivity index (χ1n) is 3.86. The third-order valence-corrected chi connectivity index (χ3v) is 1.26. The fourth-order valence-electron chi connectivity index (χ4n) is 0.668. The lowest BCUT2D eigenvalue weighted by Crippen LogP contribution is -2.22. The molecule has 0 bridgehead atoms. The molecule has 0 aromatic carbocycles. The van der Waals surface area contributed by atoms with Crippen molar-refractivity contribution >= 4 is 11.9 Å². The SMILES string of the molecule is CCOC(=O)/C=C(\C(=O)OC)C(F)(F)F. The third kappa shape index (κ3) is 4.48. The number of esters is 2. The maximum atomic E-state index is 12.2. The maximum absolute atomic E-state index is 12.2. The average molecular weight is 226 g/mol. The monoisotopic (exact) mass is 226 g/mol. The molecular weight excluding hydrogens is 217 g/mol. The molecule has 0 heterocycles. The highest BCUT2D eigenvalue weighted by Gasteiger charge is 2.40. The van der Waals surface area contributed by atoms with Crippen LogP contribution in [0.1, 0.15) is 6.92 Å². The molecule has 0 aliphatic heterocycles. The molecule has 0 saturated heterocycles. The third-order valence-electron chi connectivity index (χ3n) is 1.26. The zero-order chi connectivity index (χ0) is 12.1. The lowest BCUT2D eigenvalue weighted by molar-refractivity contribution is -0.150. The van der Waals surface area contributed by atoms with Crippen molar-refractivity contribution in [3.05, 3.63) is 11.6 Å². The van der Waals surface area contributed by atoms with Gasteiger partial charge in [-0.3, -0.25) is 0 Å². The Bertz CT molecular complexity index is 280. The van der Waals surface area contributed by atoms with Crippen molar-refractivity contribution in [2.45, 2.75) is 13.1 Å². The van der Waals surface area contributed by atoms with Crippen molar-refractivity contribution in [3.63, 3.8) is 0 Å². The van der Waals surface area contributed by atoms with Crippen LogP contribution in [0.25, 0.3) is 0 Å². The van der Waals surface area contributed by atoms with Crippen LogP contribution in [-0.4, -0.2) is 31.8 Å². The number of halogens is 3. The van der Waals surface area contributed by atoms with E-state index in [4.69, 9.17) is 0 Å². The second-order valence-corrected chi connectivity index (χ2v) is 2.30. The second kappa shape index (κ2) is 5.38. The van der Waals surface area contributed by atoms with E-state index < -0.39 is 23.7 Å². The summed E-state index contributed by atoms with van der Waals surface area (Å²) >= 11 is 0. The van der Waals surface area contributed by atoms with E-state index in [0.717, 1.165) is 7.11 Å². The van der Waals surface area contributed by atoms with Crippen LogP contribution in [0, 0.1) is 0 Å². The van der Waals surface area contributed by atoms with Crippen LogP contribution < -0.4 is 0 Å². The van der Waals surface area contributed by atoms with Gasteiger partial charge in [0, 0.05) is 6.08 Å². The number of alkyl halides is 3. The van der Waals surface area contributed by atoms with Gasteiger partial charge >= 0.3 is 18.1 Å². The van der Waals surface area contributed by atoms with Crippen molar-refractivity contribution in [2.24, 2.45) is 0 Å². The van der Waals surface area contributed by atoms with Gasteiger partial charge in [-0.25, -0.2) is 9.59 Å². The predicted molar refractivity (Wildman–Crippen MR) is 42.8 cm³/mol. The van der Waals surface area contributed by atoms with E-state index in [2.05, 4.69) is 9.47 Å². The smallest absolute Gasteiger partial charge is 0.423 e. The Hall–Kier alpha value is -1.53.